The van der Waals surface area contributed by atoms with Crippen LogP contribution < -0.4 is 9.47 Å². The number of nitrogens with zero attached hydrogens (tertiary/aromatic N) is 5. The van der Waals surface area contributed by atoms with E-state index in [2.05, 4.69) is 30.4 Å². The normalized spacial score (nSPS) is 11.1. The second-order valence-electron chi connectivity index (χ2n) is 5.99. The van der Waals surface area contributed by atoms with Crippen LogP contribution in [0.5, 0.6) is 11.5 Å². The number of aromatic amines is 1. The molecule has 4 aromatic rings. The van der Waals surface area contributed by atoms with Crippen molar-refractivity contribution in [2.75, 3.05) is 14.2 Å². The minimum atomic E-state index is 0.607. The quantitative estimate of drug-likeness (QED) is 0.322. The van der Waals surface area contributed by atoms with Crippen molar-refractivity contribution in [1.82, 2.24) is 25.4 Å². The van der Waals surface area contributed by atoms with Crippen LogP contribution in [0.1, 0.15) is 10.6 Å². The van der Waals surface area contributed by atoms with Crippen molar-refractivity contribution >= 4 is 34.4 Å². The van der Waals surface area contributed by atoms with Gasteiger partial charge in [-0.2, -0.15) is 0 Å². The lowest BCUT2D eigenvalue weighted by Crippen LogP contribution is -1.84. The fourth-order valence-corrected chi connectivity index (χ4v) is 3.96. The topological polar surface area (TPSA) is 98.2 Å². The zero-order valence-corrected chi connectivity index (χ0v) is 17.9. The second-order valence-corrected chi connectivity index (χ2v) is 7.98. The van der Waals surface area contributed by atoms with Gasteiger partial charge in [0.2, 0.25) is 10.3 Å². The number of hydrogen-bond donors (Lipinski definition) is 1. The van der Waals surface area contributed by atoms with Gasteiger partial charge in [0.15, 0.2) is 5.82 Å². The average molecular weight is 439 g/mol. The van der Waals surface area contributed by atoms with Gasteiger partial charge in [0, 0.05) is 11.8 Å². The van der Waals surface area contributed by atoms with Crippen LogP contribution >= 0.6 is 23.1 Å². The maximum absolute atomic E-state index is 5.17. The first-order valence-electron chi connectivity index (χ1n) is 8.93. The summed E-state index contributed by atoms with van der Waals surface area (Å²) < 4.78 is 10.3. The molecule has 2 aromatic carbocycles. The van der Waals surface area contributed by atoms with Gasteiger partial charge in [-0.15, -0.1) is 15.3 Å². The molecular formula is C20H18N6O2S2. The molecule has 4 rings (SSSR count). The number of rotatable bonds is 8. The molecule has 0 radical (unpaired) electrons. The first kappa shape index (κ1) is 20.0. The van der Waals surface area contributed by atoms with Crippen molar-refractivity contribution in [2.24, 2.45) is 4.99 Å². The highest BCUT2D eigenvalue weighted by Gasteiger charge is 2.09. The van der Waals surface area contributed by atoms with Crippen LogP contribution in [0.15, 0.2) is 58.7 Å². The van der Waals surface area contributed by atoms with Gasteiger partial charge in [-0.05, 0) is 54.1 Å². The van der Waals surface area contributed by atoms with E-state index in [-0.39, 0.29) is 0 Å². The Morgan fingerprint density at radius 2 is 1.70 bits per heavy atom. The van der Waals surface area contributed by atoms with Gasteiger partial charge in [-0.3, -0.25) is 5.10 Å². The summed E-state index contributed by atoms with van der Waals surface area (Å²) >= 11 is 2.93. The van der Waals surface area contributed by atoms with Crippen molar-refractivity contribution in [2.45, 2.75) is 10.9 Å². The summed E-state index contributed by atoms with van der Waals surface area (Å²) in [6.07, 6.45) is 1.76. The molecule has 0 aliphatic heterocycles. The van der Waals surface area contributed by atoms with E-state index in [1.54, 1.807) is 20.4 Å². The second kappa shape index (κ2) is 9.51. The minimum absolute atomic E-state index is 0.607. The maximum Gasteiger partial charge on any atom is 0.231 e. The molecule has 8 nitrogen and oxygen atoms in total. The number of methoxy groups -OCH3 is 2. The van der Waals surface area contributed by atoms with Gasteiger partial charge in [-0.1, -0.05) is 23.1 Å². The van der Waals surface area contributed by atoms with Gasteiger partial charge in [0.05, 0.1) is 20.0 Å². The Bertz CT molecular complexity index is 1120. The van der Waals surface area contributed by atoms with Gasteiger partial charge >= 0.3 is 0 Å². The van der Waals surface area contributed by atoms with E-state index in [4.69, 9.17) is 9.47 Å². The highest BCUT2D eigenvalue weighted by Crippen LogP contribution is 2.27. The summed E-state index contributed by atoms with van der Waals surface area (Å²) in [7, 11) is 3.28. The lowest BCUT2D eigenvalue weighted by Gasteiger charge is -1.99. The van der Waals surface area contributed by atoms with Crippen LogP contribution in [0, 0.1) is 0 Å². The molecule has 0 spiro atoms. The number of aliphatic imine (C=N–C) groups is 1. The predicted molar refractivity (Wildman–Crippen MR) is 118 cm³/mol. The molecule has 2 heterocycles. The molecule has 0 bridgehead atoms. The number of ether oxygens (including phenoxy) is 2. The predicted octanol–water partition coefficient (Wildman–Crippen LogP) is 4.38. The van der Waals surface area contributed by atoms with Crippen LogP contribution in [0.25, 0.3) is 11.4 Å². The molecule has 0 atom stereocenters. The monoisotopic (exact) mass is 438 g/mol. The van der Waals surface area contributed by atoms with Gasteiger partial charge in [0.1, 0.15) is 16.5 Å². The molecule has 10 heteroatoms. The van der Waals surface area contributed by atoms with Gasteiger partial charge in [-0.25, -0.2) is 9.98 Å². The van der Waals surface area contributed by atoms with E-state index in [9.17, 15) is 0 Å². The molecule has 0 amide bonds. The fourth-order valence-electron chi connectivity index (χ4n) is 2.49. The molecule has 0 unspecified atom stereocenters. The maximum atomic E-state index is 5.17. The zero-order valence-electron chi connectivity index (χ0n) is 16.3. The van der Waals surface area contributed by atoms with Crippen molar-refractivity contribution in [1.29, 1.82) is 0 Å². The first-order chi connectivity index (χ1) is 14.7. The van der Waals surface area contributed by atoms with Crippen LogP contribution in [0.3, 0.4) is 0 Å². The third kappa shape index (κ3) is 5.02. The molecule has 0 aliphatic carbocycles. The molecule has 30 heavy (non-hydrogen) atoms. The number of thioether (sulfide) groups is 1. The summed E-state index contributed by atoms with van der Waals surface area (Å²) in [6, 6.07) is 15.3. The average Bonchev–Trinajstić information content (AvgIpc) is 3.46. The minimum Gasteiger partial charge on any atom is -0.497 e. The van der Waals surface area contributed by atoms with E-state index in [1.165, 1.54) is 23.1 Å². The molecular weight excluding hydrogens is 420 g/mol. The number of aromatic nitrogens is 5. The summed E-state index contributed by atoms with van der Waals surface area (Å²) in [4.78, 5) is 8.91. The lowest BCUT2D eigenvalue weighted by molar-refractivity contribution is 0.414. The van der Waals surface area contributed by atoms with E-state index in [1.807, 2.05) is 48.5 Å². The Kier molecular flexibility index (Phi) is 6.35. The van der Waals surface area contributed by atoms with Crippen LogP contribution in [0.4, 0.5) is 5.13 Å². The summed E-state index contributed by atoms with van der Waals surface area (Å²) in [5.41, 5.74) is 1.91. The molecule has 152 valence electrons. The molecule has 0 saturated heterocycles. The molecule has 0 aliphatic rings. The van der Waals surface area contributed by atoms with Crippen LogP contribution in [-0.4, -0.2) is 45.8 Å². The van der Waals surface area contributed by atoms with Crippen molar-refractivity contribution < 1.29 is 9.47 Å². The Morgan fingerprint density at radius 1 is 1.00 bits per heavy atom. The number of hydrogen-bond acceptors (Lipinski definition) is 9. The van der Waals surface area contributed by atoms with Crippen molar-refractivity contribution in [3.63, 3.8) is 0 Å². The summed E-state index contributed by atoms with van der Waals surface area (Å²) in [5, 5.41) is 17.6. The van der Waals surface area contributed by atoms with E-state index in [0.29, 0.717) is 21.9 Å². The summed E-state index contributed by atoms with van der Waals surface area (Å²) in [5.74, 6) is 2.94. The third-order valence-corrected chi connectivity index (χ3v) is 5.92. The van der Waals surface area contributed by atoms with E-state index < -0.39 is 0 Å². The van der Waals surface area contributed by atoms with Crippen LogP contribution in [0.2, 0.25) is 0 Å². The smallest absolute Gasteiger partial charge is 0.231 e. The highest BCUT2D eigenvalue weighted by molar-refractivity contribution is 7.98. The van der Waals surface area contributed by atoms with E-state index >= 15 is 0 Å². The van der Waals surface area contributed by atoms with E-state index in [0.717, 1.165) is 27.6 Å². The Morgan fingerprint density at radius 3 is 2.40 bits per heavy atom. The standard InChI is InChI=1S/C20H18N6O2S2/c1-27-15-7-3-13(4-8-15)11-21-19-25-23-17(30-19)12-29-20-22-18(24-26-20)14-5-9-16(28-2)10-6-14/h3-11H,12H2,1-2H3,(H,22,24,26)/b21-11+. The Labute approximate surface area is 181 Å². The van der Waals surface area contributed by atoms with Crippen molar-refractivity contribution in [3.8, 4) is 22.9 Å². The SMILES string of the molecule is COc1ccc(/C=N/c2nnc(CSc3n[nH]c(-c4ccc(OC)cc4)n3)s2)cc1. The first-order valence-corrected chi connectivity index (χ1v) is 10.7. The molecule has 0 fully saturated rings. The van der Waals surface area contributed by atoms with Gasteiger partial charge in [0.25, 0.3) is 0 Å². The Balaban J connectivity index is 1.34. The van der Waals surface area contributed by atoms with Gasteiger partial charge < -0.3 is 9.47 Å². The zero-order chi connectivity index (χ0) is 20.8. The van der Waals surface area contributed by atoms with Crippen LogP contribution in [-0.2, 0) is 5.75 Å². The third-order valence-electron chi connectivity index (χ3n) is 4.05. The number of nitrogens with one attached hydrogen (secondary N) is 1. The molecule has 2 aromatic heterocycles. The number of H-pyrrole nitrogens is 1. The molecule has 1 N–H and O–H groups in total. The highest BCUT2D eigenvalue weighted by atomic mass is 32.2. The largest absolute Gasteiger partial charge is 0.497 e. The Hall–Kier alpha value is -3.24. The molecule has 0 saturated carbocycles. The summed E-state index contributed by atoms with van der Waals surface area (Å²) in [6.45, 7) is 0. The lowest BCUT2D eigenvalue weighted by atomic mass is 10.2. The number of benzene rings is 2. The van der Waals surface area contributed by atoms with Crippen molar-refractivity contribution in [3.05, 3.63) is 59.1 Å². The fraction of sp³-hybridized carbons (Fsp3) is 0.150.